The summed E-state index contributed by atoms with van der Waals surface area (Å²) >= 11 is 0. The smallest absolute Gasteiger partial charge is 0.233 e. The van der Waals surface area contributed by atoms with E-state index < -0.39 is 0 Å². The maximum absolute atomic E-state index is 11.2. The van der Waals surface area contributed by atoms with Gasteiger partial charge < -0.3 is 15.4 Å². The highest BCUT2D eigenvalue weighted by molar-refractivity contribution is 5.78. The van der Waals surface area contributed by atoms with Gasteiger partial charge in [-0.3, -0.25) is 19.8 Å². The maximum atomic E-state index is 11.2. The number of hydrogen-bond acceptors (Lipinski definition) is 6. The first-order valence-corrected chi connectivity index (χ1v) is 10.2. The number of anilines is 1. The standard InChI is InChI=1S/C13H18N2O2.C10H12N4/c1-2-14-13(17)9-15-12(10-16)8-11-6-4-3-5-7-11;1-11-10-7-9(13-14(10)2)8-3-5-12-6-4-8/h3-7,10,12,15H,2,8-9H2,1H3,(H,14,17);3-7,11H,1-2H3. The molecule has 0 bridgehead atoms. The van der Waals surface area contributed by atoms with Crippen molar-refractivity contribution in [2.45, 2.75) is 19.4 Å². The zero-order valence-electron chi connectivity index (χ0n) is 18.2. The van der Waals surface area contributed by atoms with Crippen LogP contribution in [-0.2, 0) is 23.1 Å². The van der Waals surface area contributed by atoms with Crippen LogP contribution in [0.25, 0.3) is 11.3 Å². The molecule has 1 atom stereocenters. The van der Waals surface area contributed by atoms with E-state index in [0.29, 0.717) is 13.0 Å². The van der Waals surface area contributed by atoms with Crippen LogP contribution in [0.1, 0.15) is 12.5 Å². The van der Waals surface area contributed by atoms with Gasteiger partial charge in [0.2, 0.25) is 5.91 Å². The molecule has 0 saturated heterocycles. The number of pyridine rings is 1. The molecule has 31 heavy (non-hydrogen) atoms. The van der Waals surface area contributed by atoms with E-state index in [0.717, 1.165) is 28.9 Å². The predicted molar refractivity (Wildman–Crippen MR) is 123 cm³/mol. The molecule has 8 heteroatoms. The summed E-state index contributed by atoms with van der Waals surface area (Å²) in [7, 11) is 3.80. The summed E-state index contributed by atoms with van der Waals surface area (Å²) in [5.41, 5.74) is 3.12. The number of rotatable bonds is 9. The van der Waals surface area contributed by atoms with Gasteiger partial charge in [0.15, 0.2) is 0 Å². The Morgan fingerprint density at radius 1 is 1.16 bits per heavy atom. The fourth-order valence-electron chi connectivity index (χ4n) is 2.88. The lowest BCUT2D eigenvalue weighted by Crippen LogP contribution is -2.40. The van der Waals surface area contributed by atoms with Crippen molar-refractivity contribution < 1.29 is 9.59 Å². The van der Waals surface area contributed by atoms with Crippen LogP contribution in [-0.4, -0.2) is 53.1 Å². The van der Waals surface area contributed by atoms with Gasteiger partial charge in [0.1, 0.15) is 12.1 Å². The zero-order chi connectivity index (χ0) is 22.5. The Kier molecular flexibility index (Phi) is 9.90. The van der Waals surface area contributed by atoms with Crippen LogP contribution >= 0.6 is 0 Å². The Hall–Kier alpha value is -3.52. The van der Waals surface area contributed by atoms with Gasteiger partial charge in [-0.05, 0) is 31.0 Å². The van der Waals surface area contributed by atoms with E-state index in [1.54, 1.807) is 12.4 Å². The number of carbonyl (C=O) groups is 2. The van der Waals surface area contributed by atoms with Crippen molar-refractivity contribution in [3.63, 3.8) is 0 Å². The predicted octanol–water partition coefficient (Wildman–Crippen LogP) is 2.05. The number of aryl methyl sites for hydroxylation is 1. The molecule has 0 aliphatic carbocycles. The average molecular weight is 423 g/mol. The summed E-state index contributed by atoms with van der Waals surface area (Å²) in [5.74, 6) is 0.907. The molecule has 2 aromatic heterocycles. The molecule has 1 unspecified atom stereocenters. The molecule has 3 N–H and O–H groups in total. The van der Waals surface area contributed by atoms with Crippen molar-refractivity contribution in [1.82, 2.24) is 25.4 Å². The highest BCUT2D eigenvalue weighted by atomic mass is 16.2. The third-order valence-corrected chi connectivity index (χ3v) is 4.47. The molecule has 0 spiro atoms. The van der Waals surface area contributed by atoms with Crippen molar-refractivity contribution >= 4 is 18.0 Å². The SMILES string of the molecule is CCNC(=O)CNC(C=O)Cc1ccccc1.CNc1cc(-c2ccncc2)nn1C. The first-order chi connectivity index (χ1) is 15.1. The first-order valence-electron chi connectivity index (χ1n) is 10.2. The van der Waals surface area contributed by atoms with E-state index in [4.69, 9.17) is 0 Å². The van der Waals surface area contributed by atoms with Crippen LogP contribution in [0.15, 0.2) is 60.9 Å². The van der Waals surface area contributed by atoms with Gasteiger partial charge >= 0.3 is 0 Å². The van der Waals surface area contributed by atoms with Crippen LogP contribution < -0.4 is 16.0 Å². The van der Waals surface area contributed by atoms with Crippen molar-refractivity contribution in [3.05, 3.63) is 66.5 Å². The summed E-state index contributed by atoms with van der Waals surface area (Å²) in [5, 5.41) is 13.0. The normalized spacial score (nSPS) is 11.1. The van der Waals surface area contributed by atoms with Gasteiger partial charge in [-0.1, -0.05) is 30.3 Å². The third kappa shape index (κ3) is 8.02. The minimum Gasteiger partial charge on any atom is -0.373 e. The molecule has 2 heterocycles. The average Bonchev–Trinajstić information content (AvgIpc) is 3.19. The molecule has 0 radical (unpaired) electrons. The molecule has 0 fully saturated rings. The molecule has 1 amide bonds. The van der Waals surface area contributed by atoms with Crippen molar-refractivity contribution in [2.24, 2.45) is 7.05 Å². The fourth-order valence-corrected chi connectivity index (χ4v) is 2.88. The number of hydrogen-bond donors (Lipinski definition) is 3. The molecule has 3 rings (SSSR count). The number of carbonyl (C=O) groups excluding carboxylic acids is 2. The van der Waals surface area contributed by atoms with Crippen LogP contribution in [0.3, 0.4) is 0 Å². The van der Waals surface area contributed by atoms with E-state index in [1.165, 1.54) is 0 Å². The largest absolute Gasteiger partial charge is 0.373 e. The van der Waals surface area contributed by atoms with Crippen LogP contribution in [0.2, 0.25) is 0 Å². The van der Waals surface area contributed by atoms with Crippen LogP contribution in [0.5, 0.6) is 0 Å². The molecule has 0 aliphatic rings. The fraction of sp³-hybridized carbons (Fsp3) is 0.304. The number of likely N-dealkylation sites (N-methyl/N-ethyl adjacent to an activating group) is 1. The molecular weight excluding hydrogens is 392 g/mol. The molecule has 1 aromatic carbocycles. The topological polar surface area (TPSA) is 101 Å². The first kappa shape index (κ1) is 23.8. The quantitative estimate of drug-likeness (QED) is 0.456. The maximum Gasteiger partial charge on any atom is 0.233 e. The highest BCUT2D eigenvalue weighted by Gasteiger charge is 2.09. The van der Waals surface area contributed by atoms with Gasteiger partial charge in [-0.15, -0.1) is 0 Å². The van der Waals surface area contributed by atoms with E-state index in [9.17, 15) is 9.59 Å². The number of aldehydes is 1. The van der Waals surface area contributed by atoms with Crippen molar-refractivity contribution in [1.29, 1.82) is 0 Å². The molecule has 164 valence electrons. The van der Waals surface area contributed by atoms with Crippen LogP contribution in [0.4, 0.5) is 5.82 Å². The van der Waals surface area contributed by atoms with E-state index in [2.05, 4.69) is 26.0 Å². The molecule has 3 aromatic rings. The molecule has 8 nitrogen and oxygen atoms in total. The second-order valence-electron chi connectivity index (χ2n) is 6.79. The van der Waals surface area contributed by atoms with E-state index >= 15 is 0 Å². The number of nitrogens with zero attached hydrogens (tertiary/aromatic N) is 3. The Labute approximate surface area is 183 Å². The lowest BCUT2D eigenvalue weighted by Gasteiger charge is -2.12. The van der Waals surface area contributed by atoms with E-state index in [1.807, 2.05) is 74.2 Å². The lowest BCUT2D eigenvalue weighted by molar-refractivity contribution is -0.120. The minimum absolute atomic E-state index is 0.0904. The lowest BCUT2D eigenvalue weighted by atomic mass is 10.1. The van der Waals surface area contributed by atoms with Gasteiger partial charge in [0.25, 0.3) is 0 Å². The summed E-state index contributed by atoms with van der Waals surface area (Å²) in [6.07, 6.45) is 4.97. The zero-order valence-corrected chi connectivity index (χ0v) is 18.2. The van der Waals surface area contributed by atoms with E-state index in [-0.39, 0.29) is 18.5 Å². The number of amides is 1. The Bertz CT molecular complexity index is 928. The van der Waals surface area contributed by atoms with Crippen molar-refractivity contribution in [3.8, 4) is 11.3 Å². The van der Waals surface area contributed by atoms with Gasteiger partial charge in [0, 0.05) is 44.7 Å². The molecule has 0 saturated carbocycles. The second kappa shape index (κ2) is 12.9. The van der Waals surface area contributed by atoms with Crippen molar-refractivity contribution in [2.75, 3.05) is 25.5 Å². The summed E-state index contributed by atoms with van der Waals surface area (Å²) in [6, 6.07) is 15.3. The monoisotopic (exact) mass is 422 g/mol. The summed E-state index contributed by atoms with van der Waals surface area (Å²) < 4.78 is 1.82. The summed E-state index contributed by atoms with van der Waals surface area (Å²) in [6.45, 7) is 2.63. The third-order valence-electron chi connectivity index (χ3n) is 4.47. The Morgan fingerprint density at radius 2 is 1.87 bits per heavy atom. The second-order valence-corrected chi connectivity index (χ2v) is 6.79. The highest BCUT2D eigenvalue weighted by Crippen LogP contribution is 2.19. The molecular formula is C23H30N6O2. The Balaban J connectivity index is 0.000000224. The van der Waals surface area contributed by atoms with Crippen LogP contribution in [0, 0.1) is 0 Å². The number of aromatic nitrogens is 3. The summed E-state index contributed by atoms with van der Waals surface area (Å²) in [4.78, 5) is 26.1. The van der Waals surface area contributed by atoms with Gasteiger partial charge in [-0.2, -0.15) is 5.10 Å². The number of benzene rings is 1. The number of nitrogens with one attached hydrogen (secondary N) is 3. The van der Waals surface area contributed by atoms with Gasteiger partial charge in [0.05, 0.1) is 18.3 Å². The molecule has 0 aliphatic heterocycles. The van der Waals surface area contributed by atoms with Gasteiger partial charge in [-0.25, -0.2) is 0 Å². The Morgan fingerprint density at radius 3 is 2.45 bits per heavy atom. The minimum atomic E-state index is -0.319.